The Morgan fingerprint density at radius 3 is 2.88 bits per heavy atom. The highest BCUT2D eigenvalue weighted by molar-refractivity contribution is 6.34. The zero-order chi connectivity index (χ0) is 22.5. The van der Waals surface area contributed by atoms with E-state index >= 15 is 0 Å². The first kappa shape index (κ1) is 20.9. The van der Waals surface area contributed by atoms with Crippen LogP contribution in [0.2, 0.25) is 5.02 Å². The molecule has 1 saturated heterocycles. The van der Waals surface area contributed by atoms with E-state index in [1.165, 1.54) is 0 Å². The lowest BCUT2D eigenvalue weighted by molar-refractivity contribution is -0.134. The van der Waals surface area contributed by atoms with Crippen molar-refractivity contribution in [3.05, 3.63) is 53.4 Å². The second-order valence-corrected chi connectivity index (χ2v) is 9.21. The zero-order valence-corrected chi connectivity index (χ0v) is 18.8. The van der Waals surface area contributed by atoms with Crippen molar-refractivity contribution >= 4 is 29.1 Å². The third kappa shape index (κ3) is 3.43. The molecule has 0 radical (unpaired) electrons. The average Bonchev–Trinajstić information content (AvgIpc) is 3.17. The van der Waals surface area contributed by atoms with Gasteiger partial charge in [-0.05, 0) is 30.9 Å². The lowest BCUT2D eigenvalue weighted by atomic mass is 9.85. The van der Waals surface area contributed by atoms with Crippen molar-refractivity contribution < 1.29 is 9.53 Å². The molecule has 4 heterocycles. The summed E-state index contributed by atoms with van der Waals surface area (Å²) >= 11 is 6.90. The molecule has 9 heteroatoms. The van der Waals surface area contributed by atoms with E-state index in [4.69, 9.17) is 27.1 Å². The van der Waals surface area contributed by atoms with E-state index in [9.17, 15) is 4.79 Å². The minimum atomic E-state index is -0.873. The van der Waals surface area contributed by atoms with Gasteiger partial charge in [0.25, 0.3) is 0 Å². The Morgan fingerprint density at radius 1 is 1.25 bits per heavy atom. The molecule has 0 saturated carbocycles. The maximum Gasteiger partial charge on any atom is 0.232 e. The number of carbonyl (C=O) groups excluding carboxylic acids is 1. The number of nitrogens with zero attached hydrogens (tertiary/aromatic N) is 5. The van der Waals surface area contributed by atoms with Crippen LogP contribution in [-0.4, -0.2) is 50.6 Å². The van der Waals surface area contributed by atoms with E-state index in [0.717, 1.165) is 23.1 Å². The molecule has 32 heavy (non-hydrogen) atoms. The van der Waals surface area contributed by atoms with Crippen LogP contribution in [0, 0.1) is 5.92 Å². The molecule has 0 spiro atoms. The van der Waals surface area contributed by atoms with Gasteiger partial charge in [-0.15, -0.1) is 0 Å². The van der Waals surface area contributed by atoms with Crippen molar-refractivity contribution in [3.8, 4) is 11.1 Å². The number of carbonyl (C=O) groups is 1. The standard InChI is InChI=1S/C23H25ClN6O2/c1-14-9-15(13-32-12-14)30-19(31)10-23(2,28-22(30)25)18-6-3-5-16(20(18)24)17-11-27-29-8-4-7-26-21(17)29/h3-8,11,14-15H,9-10,12-13H2,1-2H3,(H2,25,28)/t14-,15+,23-/m0/s1. The third-order valence-corrected chi connectivity index (χ3v) is 6.68. The second kappa shape index (κ2) is 7.86. The van der Waals surface area contributed by atoms with Crippen LogP contribution in [0.25, 0.3) is 16.8 Å². The van der Waals surface area contributed by atoms with Crippen molar-refractivity contribution in [1.82, 2.24) is 19.5 Å². The number of hydrogen-bond donors (Lipinski definition) is 1. The number of rotatable bonds is 3. The fraction of sp³-hybridized carbons (Fsp3) is 0.391. The molecule has 2 aliphatic rings. The molecule has 2 aromatic heterocycles. The number of ether oxygens (including phenoxy) is 1. The first-order valence-electron chi connectivity index (χ1n) is 10.7. The monoisotopic (exact) mass is 452 g/mol. The van der Waals surface area contributed by atoms with Gasteiger partial charge in [-0.2, -0.15) is 5.10 Å². The normalized spacial score (nSPS) is 26.4. The summed E-state index contributed by atoms with van der Waals surface area (Å²) in [7, 11) is 0. The molecular weight excluding hydrogens is 428 g/mol. The maximum atomic E-state index is 13.2. The number of hydrogen-bond acceptors (Lipinski definition) is 6. The van der Waals surface area contributed by atoms with E-state index in [2.05, 4.69) is 17.0 Å². The van der Waals surface area contributed by atoms with Crippen LogP contribution in [0.4, 0.5) is 0 Å². The van der Waals surface area contributed by atoms with Gasteiger partial charge in [-0.3, -0.25) is 9.69 Å². The van der Waals surface area contributed by atoms with Gasteiger partial charge in [0.1, 0.15) is 0 Å². The van der Waals surface area contributed by atoms with Crippen molar-refractivity contribution in [2.45, 2.75) is 38.3 Å². The molecule has 8 nitrogen and oxygen atoms in total. The lowest BCUT2D eigenvalue weighted by Crippen LogP contribution is -2.56. The Hall–Kier alpha value is -2.97. The van der Waals surface area contributed by atoms with Gasteiger partial charge in [0.05, 0.1) is 35.8 Å². The average molecular weight is 453 g/mol. The van der Waals surface area contributed by atoms with Gasteiger partial charge < -0.3 is 10.5 Å². The summed E-state index contributed by atoms with van der Waals surface area (Å²) in [5.74, 6) is 0.514. The quantitative estimate of drug-likeness (QED) is 0.657. The number of guanidine groups is 1. The third-order valence-electron chi connectivity index (χ3n) is 6.27. The van der Waals surface area contributed by atoms with Crippen molar-refractivity contribution in [1.29, 1.82) is 0 Å². The van der Waals surface area contributed by atoms with E-state index in [1.54, 1.807) is 21.8 Å². The first-order valence-corrected chi connectivity index (χ1v) is 11.1. The number of halogens is 1. The number of benzene rings is 1. The van der Waals surface area contributed by atoms with Crippen LogP contribution < -0.4 is 5.73 Å². The highest BCUT2D eigenvalue weighted by Crippen LogP contribution is 2.42. The van der Waals surface area contributed by atoms with E-state index in [1.807, 2.05) is 37.4 Å². The Balaban J connectivity index is 1.54. The lowest BCUT2D eigenvalue weighted by Gasteiger charge is -2.41. The molecule has 1 amide bonds. The predicted octanol–water partition coefficient (Wildman–Crippen LogP) is 3.24. The number of aromatic nitrogens is 3. The van der Waals surface area contributed by atoms with Gasteiger partial charge in [-0.1, -0.05) is 36.7 Å². The predicted molar refractivity (Wildman–Crippen MR) is 122 cm³/mol. The minimum Gasteiger partial charge on any atom is -0.379 e. The van der Waals surface area contributed by atoms with E-state index in [0.29, 0.717) is 29.8 Å². The van der Waals surface area contributed by atoms with Crippen LogP contribution in [0.3, 0.4) is 0 Å². The SMILES string of the molecule is C[C@@H]1COC[C@H](N2C(=O)C[C@@](C)(c3cccc(-c4cnn5cccnc45)c3Cl)N=C2N)C1. The van der Waals surface area contributed by atoms with Gasteiger partial charge in [0.15, 0.2) is 11.6 Å². The summed E-state index contributed by atoms with van der Waals surface area (Å²) in [6.07, 6.45) is 6.31. The van der Waals surface area contributed by atoms with Gasteiger partial charge in [-0.25, -0.2) is 14.5 Å². The molecule has 3 aromatic rings. The number of fused-ring (bicyclic) bond motifs is 1. The fourth-order valence-corrected chi connectivity index (χ4v) is 5.19. The highest BCUT2D eigenvalue weighted by atomic mass is 35.5. The molecule has 5 rings (SSSR count). The van der Waals surface area contributed by atoms with Crippen LogP contribution in [0.1, 0.15) is 32.3 Å². The first-order chi connectivity index (χ1) is 15.4. The van der Waals surface area contributed by atoms with Gasteiger partial charge in [0, 0.05) is 30.1 Å². The minimum absolute atomic E-state index is 0.0678. The Kier molecular flexibility index (Phi) is 5.14. The number of aliphatic imine (C=N–C) groups is 1. The van der Waals surface area contributed by atoms with Crippen molar-refractivity contribution in [2.24, 2.45) is 16.6 Å². The number of nitrogens with two attached hydrogens (primary N) is 1. The summed E-state index contributed by atoms with van der Waals surface area (Å²) in [6.45, 7) is 5.18. The number of amides is 1. The second-order valence-electron chi connectivity index (χ2n) is 8.83. The molecule has 0 bridgehead atoms. The molecule has 0 aliphatic carbocycles. The van der Waals surface area contributed by atoms with Crippen LogP contribution >= 0.6 is 11.6 Å². The van der Waals surface area contributed by atoms with Crippen molar-refractivity contribution in [3.63, 3.8) is 0 Å². The van der Waals surface area contributed by atoms with Crippen LogP contribution in [0.5, 0.6) is 0 Å². The highest BCUT2D eigenvalue weighted by Gasteiger charge is 2.42. The molecule has 2 aliphatic heterocycles. The largest absolute Gasteiger partial charge is 0.379 e. The molecule has 1 fully saturated rings. The summed E-state index contributed by atoms with van der Waals surface area (Å²) in [5.41, 5.74) is 8.53. The zero-order valence-electron chi connectivity index (χ0n) is 18.0. The Morgan fingerprint density at radius 2 is 2.09 bits per heavy atom. The summed E-state index contributed by atoms with van der Waals surface area (Å²) < 4.78 is 7.35. The van der Waals surface area contributed by atoms with Crippen LogP contribution in [0.15, 0.2) is 47.8 Å². The molecule has 166 valence electrons. The summed E-state index contributed by atoms with van der Waals surface area (Å²) in [4.78, 5) is 24.1. The molecule has 3 atom stereocenters. The molecule has 0 unspecified atom stereocenters. The van der Waals surface area contributed by atoms with Gasteiger partial charge in [0.2, 0.25) is 5.91 Å². The van der Waals surface area contributed by atoms with E-state index < -0.39 is 5.54 Å². The molecule has 2 N–H and O–H groups in total. The summed E-state index contributed by atoms with van der Waals surface area (Å²) in [6, 6.07) is 7.46. The van der Waals surface area contributed by atoms with Crippen molar-refractivity contribution in [2.75, 3.05) is 13.2 Å². The van der Waals surface area contributed by atoms with Gasteiger partial charge >= 0.3 is 0 Å². The Labute approximate surface area is 191 Å². The molecule has 1 aromatic carbocycles. The fourth-order valence-electron chi connectivity index (χ4n) is 4.76. The van der Waals surface area contributed by atoms with E-state index in [-0.39, 0.29) is 24.3 Å². The maximum absolute atomic E-state index is 13.2. The Bertz CT molecular complexity index is 1220. The smallest absolute Gasteiger partial charge is 0.232 e. The topological polar surface area (TPSA) is 98.1 Å². The van der Waals surface area contributed by atoms with Crippen LogP contribution in [-0.2, 0) is 15.1 Å². The summed E-state index contributed by atoms with van der Waals surface area (Å²) in [5, 5.41) is 4.88. The molecular formula is C23H25ClN6O2.